The summed E-state index contributed by atoms with van der Waals surface area (Å²) in [5.74, 6) is -6.13. The fourth-order valence-electron chi connectivity index (χ4n) is 2.62. The minimum atomic E-state index is -3.63. The van der Waals surface area contributed by atoms with Crippen molar-refractivity contribution < 1.29 is 39.3 Å². The van der Waals surface area contributed by atoms with Crippen molar-refractivity contribution in [1.29, 1.82) is 0 Å². The maximum Gasteiger partial charge on any atom is 2.00 e. The van der Waals surface area contributed by atoms with Gasteiger partial charge in [0.15, 0.2) is 0 Å². The molecule has 3 heterocycles. The molecule has 0 aromatic carbocycles. The van der Waals surface area contributed by atoms with E-state index in [2.05, 4.69) is 0 Å². The molecule has 3 fully saturated rings. The number of nitrogens with two attached hydrogens (primary N) is 3. The molecule has 0 radical (unpaired) electrons. The predicted octanol–water partition coefficient (Wildman–Crippen LogP) is -3.92. The van der Waals surface area contributed by atoms with Crippen LogP contribution in [0.2, 0.25) is 0 Å². The van der Waals surface area contributed by atoms with Gasteiger partial charge in [-0.1, -0.05) is 20.8 Å². The van der Waals surface area contributed by atoms with E-state index in [4.69, 9.17) is 46.3 Å². The second-order valence-electron chi connectivity index (χ2n) is 6.41. The number of rotatable bonds is 8. The average Bonchev–Trinajstić information content (AvgIpc) is 2.53. The van der Waals surface area contributed by atoms with Crippen LogP contribution in [0.25, 0.3) is 0 Å². The van der Waals surface area contributed by atoms with E-state index in [9.17, 15) is 10.2 Å². The summed E-state index contributed by atoms with van der Waals surface area (Å²) in [6.07, 6.45) is 1.13. The summed E-state index contributed by atoms with van der Waals surface area (Å²) in [6, 6.07) is -2.48. The van der Waals surface area contributed by atoms with Crippen molar-refractivity contribution in [2.24, 2.45) is 17.2 Å². The second-order valence-corrected chi connectivity index (χ2v) is 9.51. The fraction of sp³-hybridized carbons (Fsp3) is 1.00. The van der Waals surface area contributed by atoms with E-state index in [0.29, 0.717) is 19.3 Å². The quantitative estimate of drug-likeness (QED) is 0.316. The van der Waals surface area contributed by atoms with Crippen LogP contribution in [-0.4, -0.2) is 83.3 Å². The molecule has 3 aliphatic rings. The third kappa shape index (κ3) is 4.13. The van der Waals surface area contributed by atoms with Crippen molar-refractivity contribution in [3.63, 3.8) is 0 Å². The normalized spacial score (nSPS) is 40.2. The van der Waals surface area contributed by atoms with Crippen LogP contribution in [0.5, 0.6) is 0 Å². The van der Waals surface area contributed by atoms with Gasteiger partial charge in [-0.15, -0.1) is 0 Å². The average molecular weight is 434 g/mol. The SMILES string of the molecule is CCC(N)C1([O-])[O][Al]([O]C2(C(N)CC)O[Si]3(OC([O-])(C(N)CC)O3)O2)[O]1.[Mg+2]. The first kappa shape index (κ1) is 24.3. The van der Waals surface area contributed by atoms with Crippen LogP contribution in [0.3, 0.4) is 0 Å². The molecule has 0 aromatic heterocycles. The number of hydrogen-bond acceptors (Lipinski definition) is 12. The smallest absolute Gasteiger partial charge is 0.809 e. The third-order valence-electron chi connectivity index (χ3n) is 4.53. The van der Waals surface area contributed by atoms with Crippen molar-refractivity contribution >= 4 is 47.3 Å². The van der Waals surface area contributed by atoms with Gasteiger partial charge in [0.05, 0.1) is 12.0 Å². The maximum atomic E-state index is 12.2. The summed E-state index contributed by atoms with van der Waals surface area (Å²) >= 11 is -2.88. The van der Waals surface area contributed by atoms with E-state index in [0.717, 1.165) is 0 Å². The summed E-state index contributed by atoms with van der Waals surface area (Å²) in [6.45, 7) is 5.23. The molecule has 0 aromatic rings. The molecule has 0 amide bonds. The van der Waals surface area contributed by atoms with Gasteiger partial charge in [0, 0.05) is 12.1 Å². The molecule has 150 valence electrons. The molecule has 3 aliphatic heterocycles. The van der Waals surface area contributed by atoms with E-state index in [-0.39, 0.29) is 23.1 Å². The molecular weight excluding hydrogens is 410 g/mol. The minimum Gasteiger partial charge on any atom is -0.809 e. The Hall–Kier alpha value is 1.04. The zero-order valence-corrected chi connectivity index (χ0v) is 19.1. The Kier molecular flexibility index (Phi) is 7.46. The first-order valence-corrected chi connectivity index (χ1v) is 11.6. The molecule has 15 heteroatoms. The first-order chi connectivity index (χ1) is 12.1. The van der Waals surface area contributed by atoms with Crippen molar-refractivity contribution in [3.8, 4) is 0 Å². The Morgan fingerprint density at radius 2 is 1.30 bits per heavy atom. The predicted molar refractivity (Wildman–Crippen MR) is 87.8 cm³/mol. The van der Waals surface area contributed by atoms with Crippen LogP contribution < -0.4 is 27.4 Å². The van der Waals surface area contributed by atoms with Gasteiger partial charge in [0.2, 0.25) is 0 Å². The van der Waals surface area contributed by atoms with Gasteiger partial charge in [-0.2, -0.15) is 0 Å². The summed E-state index contributed by atoms with van der Waals surface area (Å²) < 4.78 is 37.4. The maximum absolute atomic E-state index is 12.2. The Morgan fingerprint density at radius 1 is 0.852 bits per heavy atom. The molecule has 27 heavy (non-hydrogen) atoms. The van der Waals surface area contributed by atoms with Gasteiger partial charge in [-0.3, -0.25) is 8.85 Å². The van der Waals surface area contributed by atoms with Crippen molar-refractivity contribution in [3.05, 3.63) is 0 Å². The van der Waals surface area contributed by atoms with Gasteiger partial charge in [0.1, 0.15) is 5.97 Å². The fourth-order valence-corrected chi connectivity index (χ4v) is 6.64. The van der Waals surface area contributed by atoms with Crippen molar-refractivity contribution in [1.82, 2.24) is 0 Å². The largest absolute Gasteiger partial charge is 2.00 e. The molecule has 3 atom stereocenters. The van der Waals surface area contributed by atoms with Crippen LogP contribution in [-0.2, 0) is 29.1 Å². The van der Waals surface area contributed by atoms with Gasteiger partial charge in [0.25, 0.3) is 5.97 Å². The third-order valence-corrected chi connectivity index (χ3v) is 8.23. The van der Waals surface area contributed by atoms with Crippen molar-refractivity contribution in [2.45, 2.75) is 76.1 Å². The summed E-state index contributed by atoms with van der Waals surface area (Å²) in [7, 11) is -3.63. The minimum absolute atomic E-state index is 0. The molecule has 6 N–H and O–H groups in total. The molecule has 12 nitrogen and oxygen atoms in total. The molecule has 3 unspecified atom stereocenters. The van der Waals surface area contributed by atoms with Crippen LogP contribution >= 0.6 is 0 Å². The molecule has 1 spiro atoms. The Labute approximate surface area is 179 Å². The van der Waals surface area contributed by atoms with Crippen LogP contribution in [0.1, 0.15) is 40.0 Å². The van der Waals surface area contributed by atoms with Crippen LogP contribution in [0.4, 0.5) is 0 Å². The Balaban J connectivity index is 0.00000261. The Bertz CT molecular complexity index is 527. The topological polar surface area (TPSA) is 189 Å². The second kappa shape index (κ2) is 8.28. The molecule has 0 bridgehead atoms. The van der Waals surface area contributed by atoms with Crippen molar-refractivity contribution in [2.75, 3.05) is 0 Å². The van der Waals surface area contributed by atoms with E-state index in [1.807, 2.05) is 0 Å². The van der Waals surface area contributed by atoms with E-state index in [1.165, 1.54) is 0 Å². The molecular formula is C12H24AlMgN3O9Si. The summed E-state index contributed by atoms with van der Waals surface area (Å²) in [4.78, 5) is 0. The van der Waals surface area contributed by atoms with Crippen LogP contribution in [0, 0.1) is 0 Å². The zero-order valence-electron chi connectivity index (χ0n) is 15.5. The van der Waals surface area contributed by atoms with Gasteiger partial charge in [-0.25, -0.2) is 0 Å². The molecule has 3 rings (SSSR count). The van der Waals surface area contributed by atoms with E-state index < -0.39 is 60.2 Å². The molecule has 0 aliphatic carbocycles. The first-order valence-electron chi connectivity index (χ1n) is 8.57. The molecule has 0 saturated carbocycles. The van der Waals surface area contributed by atoms with Crippen LogP contribution in [0.15, 0.2) is 0 Å². The van der Waals surface area contributed by atoms with Gasteiger partial charge >= 0.3 is 47.3 Å². The summed E-state index contributed by atoms with van der Waals surface area (Å²) in [5.41, 5.74) is 17.3. The van der Waals surface area contributed by atoms with Gasteiger partial charge in [-0.05, 0) is 19.3 Å². The zero-order chi connectivity index (χ0) is 19.4. The van der Waals surface area contributed by atoms with E-state index >= 15 is 0 Å². The Morgan fingerprint density at radius 3 is 1.74 bits per heavy atom. The van der Waals surface area contributed by atoms with E-state index in [1.54, 1.807) is 20.8 Å². The molecule has 3 saturated heterocycles. The standard InChI is InChI=1S/C8H16N2O6Si.C4H8NO3.Al.Mg/c1-3-5(9)7(11)13-17(14-7)15-8(12,16-17)6(10)4-2;1-2-3(5)4(6,7)8;;/h5-6H,3-4,9-10H2,1-2H3;3H,2,5H2,1H3;;/q-2;-3;+3;+2. The number of hydrogen-bond donors (Lipinski definition) is 3. The monoisotopic (exact) mass is 433 g/mol. The van der Waals surface area contributed by atoms with Gasteiger partial charge < -0.3 is 47.6 Å². The summed E-state index contributed by atoms with van der Waals surface area (Å²) in [5, 5.41) is 24.3.